The molecule has 2 aliphatic rings. The van der Waals surface area contributed by atoms with Crippen molar-refractivity contribution in [1.82, 2.24) is 15.1 Å². The first-order chi connectivity index (χ1) is 21.2. The monoisotopic (exact) mass is 609 g/mol. The normalized spacial score (nSPS) is 15.8. The fourth-order valence-corrected chi connectivity index (χ4v) is 6.51. The summed E-state index contributed by atoms with van der Waals surface area (Å²) in [7, 11) is 3.14. The third-order valence-electron chi connectivity index (χ3n) is 8.71. The van der Waals surface area contributed by atoms with E-state index in [1.807, 2.05) is 65.6 Å². The van der Waals surface area contributed by atoms with E-state index in [0.717, 1.165) is 53.9 Å². The molecule has 1 aliphatic carbocycles. The van der Waals surface area contributed by atoms with E-state index >= 15 is 0 Å². The fraction of sp³-hybridized carbons (Fsp3) is 0.412. The van der Waals surface area contributed by atoms with Crippen molar-refractivity contribution >= 4 is 11.8 Å². The summed E-state index contributed by atoms with van der Waals surface area (Å²) in [6, 6.07) is 20.5. The molecular weight excluding hydrogens is 571 g/mol. The molecule has 5 rings (SSSR count). The van der Waals surface area contributed by atoms with Gasteiger partial charge in [-0.1, -0.05) is 61.0 Å². The molecule has 3 aromatic rings. The predicted octanol–water partition coefficient (Wildman–Crippen LogP) is 5.21. The molecule has 234 valence electrons. The number of amides is 2. The number of halogens is 3. The number of carbonyl (C=O) groups is 2. The molecule has 1 saturated heterocycles. The number of hydrogen-bond acceptors (Lipinski definition) is 5. The van der Waals surface area contributed by atoms with Crippen LogP contribution in [0.2, 0.25) is 0 Å². The number of unbranched alkanes of at least 4 members (excludes halogenated alkanes) is 1. The van der Waals surface area contributed by atoms with Crippen LogP contribution in [0.25, 0.3) is 11.1 Å². The van der Waals surface area contributed by atoms with Crippen LogP contribution in [0.4, 0.5) is 13.2 Å². The molecule has 2 amide bonds. The average molecular weight is 610 g/mol. The largest absolute Gasteiger partial charge is 0.493 e. The quantitative estimate of drug-likeness (QED) is 0.303. The summed E-state index contributed by atoms with van der Waals surface area (Å²) in [5.41, 5.74) is 2.95. The highest BCUT2D eigenvalue weighted by atomic mass is 19.4. The Morgan fingerprint density at radius 1 is 0.841 bits per heavy atom. The second-order valence-electron chi connectivity index (χ2n) is 11.3. The van der Waals surface area contributed by atoms with Gasteiger partial charge in [0.15, 0.2) is 11.5 Å². The number of piperazine rings is 1. The van der Waals surface area contributed by atoms with Crippen molar-refractivity contribution in [3.05, 3.63) is 83.4 Å². The molecule has 1 aliphatic heterocycles. The summed E-state index contributed by atoms with van der Waals surface area (Å²) in [6.07, 6.45) is -2.39. The van der Waals surface area contributed by atoms with Crippen molar-refractivity contribution in [3.63, 3.8) is 0 Å². The zero-order chi connectivity index (χ0) is 31.3. The summed E-state index contributed by atoms with van der Waals surface area (Å²) >= 11 is 0. The third kappa shape index (κ3) is 6.55. The molecule has 44 heavy (non-hydrogen) atoms. The zero-order valence-electron chi connectivity index (χ0n) is 25.1. The van der Waals surface area contributed by atoms with Gasteiger partial charge in [0.25, 0.3) is 0 Å². The Bertz CT molecular complexity index is 1440. The minimum Gasteiger partial charge on any atom is -0.493 e. The molecular formula is C34H38F3N3O4. The Labute approximate surface area is 255 Å². The standard InChI is InChI=1S/C34H38F3N3O4/c1-43-29-14-13-24(21-30(29)44-2)22-31(41)40-19-17-39(18-20-40)16-8-7-15-33(32(42)38-23-34(35,36)37)27-11-5-3-9-25(27)26-10-4-6-12-28(26)33/h3-6,9-14,21H,7-8,15-20,22-23H2,1-2H3,(H,38,42). The molecule has 1 heterocycles. The van der Waals surface area contributed by atoms with Crippen LogP contribution in [-0.2, 0) is 21.4 Å². The lowest BCUT2D eigenvalue weighted by atomic mass is 9.73. The third-order valence-corrected chi connectivity index (χ3v) is 8.71. The number of ether oxygens (including phenoxy) is 2. The summed E-state index contributed by atoms with van der Waals surface area (Å²) in [5, 5.41) is 2.20. The number of benzene rings is 3. The molecule has 0 atom stereocenters. The zero-order valence-corrected chi connectivity index (χ0v) is 25.1. The van der Waals surface area contributed by atoms with E-state index in [4.69, 9.17) is 9.47 Å². The Balaban J connectivity index is 1.19. The lowest BCUT2D eigenvalue weighted by Gasteiger charge is -2.35. The molecule has 0 aromatic heterocycles. The summed E-state index contributed by atoms with van der Waals surface area (Å²) in [4.78, 5) is 30.8. The van der Waals surface area contributed by atoms with Crippen LogP contribution in [0.15, 0.2) is 66.7 Å². The van der Waals surface area contributed by atoms with Gasteiger partial charge in [0.1, 0.15) is 12.0 Å². The van der Waals surface area contributed by atoms with Gasteiger partial charge in [-0.25, -0.2) is 0 Å². The maximum Gasteiger partial charge on any atom is 0.405 e. The van der Waals surface area contributed by atoms with Gasteiger partial charge in [-0.15, -0.1) is 0 Å². The van der Waals surface area contributed by atoms with Gasteiger partial charge in [-0.05, 0) is 59.3 Å². The van der Waals surface area contributed by atoms with Crippen LogP contribution in [-0.4, -0.2) is 81.3 Å². The second kappa shape index (κ2) is 13.3. The topological polar surface area (TPSA) is 71.1 Å². The number of hydrogen-bond donors (Lipinski definition) is 1. The van der Waals surface area contributed by atoms with Crippen LogP contribution < -0.4 is 14.8 Å². The van der Waals surface area contributed by atoms with E-state index in [1.165, 1.54) is 0 Å². The van der Waals surface area contributed by atoms with Crippen LogP contribution in [0.3, 0.4) is 0 Å². The van der Waals surface area contributed by atoms with Gasteiger partial charge in [0, 0.05) is 26.2 Å². The van der Waals surface area contributed by atoms with E-state index in [0.29, 0.717) is 37.4 Å². The first-order valence-electron chi connectivity index (χ1n) is 14.9. The minimum atomic E-state index is -4.50. The van der Waals surface area contributed by atoms with Crippen LogP contribution in [0.5, 0.6) is 11.5 Å². The van der Waals surface area contributed by atoms with Crippen LogP contribution >= 0.6 is 0 Å². The van der Waals surface area contributed by atoms with Gasteiger partial charge in [0.2, 0.25) is 11.8 Å². The van der Waals surface area contributed by atoms with E-state index < -0.39 is 24.0 Å². The van der Waals surface area contributed by atoms with Crippen LogP contribution in [0.1, 0.15) is 36.0 Å². The molecule has 0 saturated carbocycles. The number of nitrogens with one attached hydrogen (secondary N) is 1. The molecule has 1 N–H and O–H groups in total. The second-order valence-corrected chi connectivity index (χ2v) is 11.3. The van der Waals surface area contributed by atoms with Gasteiger partial charge in [-0.3, -0.25) is 14.5 Å². The van der Waals surface area contributed by atoms with Crippen molar-refractivity contribution in [2.75, 3.05) is 53.5 Å². The Hall–Kier alpha value is -4.05. The number of nitrogens with zero attached hydrogens (tertiary/aromatic N) is 2. The van der Waals surface area contributed by atoms with Crippen molar-refractivity contribution in [1.29, 1.82) is 0 Å². The van der Waals surface area contributed by atoms with E-state index in [1.54, 1.807) is 20.3 Å². The SMILES string of the molecule is COc1ccc(CC(=O)N2CCN(CCCCC3(C(=O)NCC(F)(F)F)c4ccccc4-c4ccccc43)CC2)cc1OC. The molecule has 10 heteroatoms. The van der Waals surface area contributed by atoms with Crippen molar-refractivity contribution in [3.8, 4) is 22.6 Å². The number of methoxy groups -OCH3 is 2. The Morgan fingerprint density at radius 2 is 1.45 bits per heavy atom. The average Bonchev–Trinajstić information content (AvgIpc) is 3.32. The molecule has 0 radical (unpaired) electrons. The molecule has 3 aromatic carbocycles. The van der Waals surface area contributed by atoms with E-state index in [-0.39, 0.29) is 12.3 Å². The van der Waals surface area contributed by atoms with Crippen LogP contribution in [0, 0.1) is 0 Å². The van der Waals surface area contributed by atoms with Gasteiger partial charge >= 0.3 is 6.18 Å². The van der Waals surface area contributed by atoms with Crippen molar-refractivity contribution in [2.45, 2.75) is 37.3 Å². The Morgan fingerprint density at radius 3 is 2.05 bits per heavy atom. The molecule has 0 bridgehead atoms. The summed E-state index contributed by atoms with van der Waals surface area (Å²) in [6.45, 7) is 2.13. The summed E-state index contributed by atoms with van der Waals surface area (Å²) < 4.78 is 50.0. The predicted molar refractivity (Wildman–Crippen MR) is 162 cm³/mol. The fourth-order valence-electron chi connectivity index (χ4n) is 6.51. The van der Waals surface area contributed by atoms with Gasteiger partial charge < -0.3 is 19.7 Å². The highest BCUT2D eigenvalue weighted by Crippen LogP contribution is 2.51. The van der Waals surface area contributed by atoms with E-state index in [2.05, 4.69) is 10.2 Å². The lowest BCUT2D eigenvalue weighted by molar-refractivity contribution is -0.141. The van der Waals surface area contributed by atoms with Crippen molar-refractivity contribution in [2.24, 2.45) is 0 Å². The Kier molecular flexibility index (Phi) is 9.48. The number of rotatable bonds is 11. The number of carbonyl (C=O) groups excluding carboxylic acids is 2. The van der Waals surface area contributed by atoms with Gasteiger partial charge in [0.05, 0.1) is 20.6 Å². The first-order valence-corrected chi connectivity index (χ1v) is 14.9. The van der Waals surface area contributed by atoms with Gasteiger partial charge in [-0.2, -0.15) is 13.2 Å². The molecule has 7 nitrogen and oxygen atoms in total. The van der Waals surface area contributed by atoms with Crippen molar-refractivity contribution < 1.29 is 32.2 Å². The van der Waals surface area contributed by atoms with E-state index in [9.17, 15) is 22.8 Å². The molecule has 0 spiro atoms. The molecule has 0 unspecified atom stereocenters. The smallest absolute Gasteiger partial charge is 0.405 e. The first kappa shape index (κ1) is 31.4. The summed E-state index contributed by atoms with van der Waals surface area (Å²) in [5.74, 6) is 0.648. The lowest BCUT2D eigenvalue weighted by Crippen LogP contribution is -2.49. The highest BCUT2D eigenvalue weighted by molar-refractivity contribution is 6.00. The maximum absolute atomic E-state index is 13.7. The maximum atomic E-state index is 13.7. The number of alkyl halides is 3. The minimum absolute atomic E-state index is 0.0576. The molecule has 1 fully saturated rings. The number of fused-ring (bicyclic) bond motifs is 3. The highest BCUT2D eigenvalue weighted by Gasteiger charge is 2.49.